The number of nitro benzene ring substituents is 1. The summed E-state index contributed by atoms with van der Waals surface area (Å²) >= 11 is 3.20. The smallest absolute Gasteiger partial charge is 0.269 e. The number of hydrogen-bond acceptors (Lipinski definition) is 5. The Kier molecular flexibility index (Phi) is 3.97. The third kappa shape index (κ3) is 2.88. The van der Waals surface area contributed by atoms with Gasteiger partial charge >= 0.3 is 0 Å². The number of H-pyrrole nitrogens is 1. The van der Waals surface area contributed by atoms with E-state index in [9.17, 15) is 14.9 Å². The van der Waals surface area contributed by atoms with Gasteiger partial charge in [0.15, 0.2) is 0 Å². The van der Waals surface area contributed by atoms with Crippen LogP contribution >= 0.6 is 34.4 Å². The van der Waals surface area contributed by atoms with Crippen molar-refractivity contribution in [3.05, 3.63) is 54.6 Å². The van der Waals surface area contributed by atoms with Gasteiger partial charge in [0.25, 0.3) is 11.2 Å². The summed E-state index contributed by atoms with van der Waals surface area (Å²) in [7, 11) is 0. The van der Waals surface area contributed by atoms with E-state index < -0.39 is 4.92 Å². The first-order valence-electron chi connectivity index (χ1n) is 4.73. The van der Waals surface area contributed by atoms with Crippen molar-refractivity contribution >= 4 is 40.0 Å². The number of nitro groups is 1. The molecule has 0 fully saturated rings. The van der Waals surface area contributed by atoms with Crippen LogP contribution in [0.15, 0.2) is 45.3 Å². The standard InChI is InChI=1S/C10H6IN3O3S/c11-8-9(15)12-5-13-10(8)18-7-3-1-6(2-4-7)14(16)17/h1-5H,(H,12,13,15). The Hall–Kier alpha value is -1.42. The van der Waals surface area contributed by atoms with Gasteiger partial charge in [-0.25, -0.2) is 4.98 Å². The highest BCUT2D eigenvalue weighted by Gasteiger charge is 2.09. The lowest BCUT2D eigenvalue weighted by molar-refractivity contribution is -0.384. The molecule has 0 radical (unpaired) electrons. The molecule has 1 N–H and O–H groups in total. The Morgan fingerprint density at radius 3 is 2.61 bits per heavy atom. The van der Waals surface area contributed by atoms with Crippen molar-refractivity contribution in [2.45, 2.75) is 9.92 Å². The minimum atomic E-state index is -0.455. The summed E-state index contributed by atoms with van der Waals surface area (Å²) in [5.41, 5.74) is -0.164. The second-order valence-corrected chi connectivity index (χ2v) is 5.34. The molecule has 0 amide bonds. The summed E-state index contributed by atoms with van der Waals surface area (Å²) in [5.74, 6) is 0. The van der Waals surface area contributed by atoms with Crippen LogP contribution < -0.4 is 5.56 Å². The van der Waals surface area contributed by atoms with Crippen molar-refractivity contribution in [1.29, 1.82) is 0 Å². The predicted molar refractivity (Wildman–Crippen MR) is 74.8 cm³/mol. The number of nitrogens with zero attached hydrogens (tertiary/aromatic N) is 2. The van der Waals surface area contributed by atoms with Crippen molar-refractivity contribution in [2.24, 2.45) is 0 Å². The van der Waals surface area contributed by atoms with Crippen LogP contribution in [-0.2, 0) is 0 Å². The van der Waals surface area contributed by atoms with Gasteiger partial charge in [-0.3, -0.25) is 14.9 Å². The number of non-ortho nitro benzene ring substituents is 1. The maximum Gasteiger partial charge on any atom is 0.269 e. The number of aromatic nitrogens is 2. The van der Waals surface area contributed by atoms with Crippen molar-refractivity contribution in [3.8, 4) is 0 Å². The Morgan fingerprint density at radius 1 is 1.33 bits per heavy atom. The second-order valence-electron chi connectivity index (χ2n) is 3.20. The van der Waals surface area contributed by atoms with Gasteiger partial charge in [-0.2, -0.15) is 0 Å². The highest BCUT2D eigenvalue weighted by Crippen LogP contribution is 2.28. The summed E-state index contributed by atoms with van der Waals surface area (Å²) < 4.78 is 0.499. The fourth-order valence-corrected chi connectivity index (χ4v) is 2.59. The van der Waals surface area contributed by atoms with E-state index in [0.717, 1.165) is 4.90 Å². The molecule has 0 unspecified atom stereocenters. The van der Waals surface area contributed by atoms with E-state index in [1.165, 1.54) is 30.2 Å². The van der Waals surface area contributed by atoms with Crippen LogP contribution in [0.2, 0.25) is 0 Å². The van der Waals surface area contributed by atoms with Gasteiger partial charge in [0, 0.05) is 17.0 Å². The van der Waals surface area contributed by atoms with Crippen molar-refractivity contribution in [3.63, 3.8) is 0 Å². The zero-order valence-electron chi connectivity index (χ0n) is 8.79. The minimum absolute atomic E-state index is 0.0351. The molecule has 1 aromatic heterocycles. The maximum absolute atomic E-state index is 11.4. The molecule has 0 atom stereocenters. The maximum atomic E-state index is 11.4. The molecule has 0 spiro atoms. The fourth-order valence-electron chi connectivity index (χ4n) is 1.19. The van der Waals surface area contributed by atoms with Gasteiger partial charge < -0.3 is 4.98 Å². The highest BCUT2D eigenvalue weighted by atomic mass is 127. The quantitative estimate of drug-likeness (QED) is 0.385. The summed E-state index contributed by atoms with van der Waals surface area (Å²) in [5, 5.41) is 11.1. The number of hydrogen-bond donors (Lipinski definition) is 1. The van der Waals surface area contributed by atoms with Crippen molar-refractivity contribution in [1.82, 2.24) is 9.97 Å². The molecule has 0 bridgehead atoms. The molecule has 18 heavy (non-hydrogen) atoms. The molecule has 0 saturated heterocycles. The highest BCUT2D eigenvalue weighted by molar-refractivity contribution is 14.1. The van der Waals surface area contributed by atoms with Gasteiger partial charge in [-0.1, -0.05) is 11.8 Å². The van der Waals surface area contributed by atoms with E-state index >= 15 is 0 Å². The van der Waals surface area contributed by atoms with E-state index in [4.69, 9.17) is 0 Å². The summed E-state index contributed by atoms with van der Waals surface area (Å²) in [6, 6.07) is 6.09. The number of benzene rings is 1. The molecule has 0 saturated carbocycles. The van der Waals surface area contributed by atoms with E-state index in [1.807, 2.05) is 22.6 Å². The largest absolute Gasteiger partial charge is 0.312 e. The SMILES string of the molecule is O=c1[nH]cnc(Sc2ccc([N+](=O)[O-])cc2)c1I. The van der Waals surface area contributed by atoms with Crippen LogP contribution in [0.25, 0.3) is 0 Å². The first-order valence-corrected chi connectivity index (χ1v) is 6.63. The van der Waals surface area contributed by atoms with Crippen LogP contribution in [0.1, 0.15) is 0 Å². The third-order valence-electron chi connectivity index (χ3n) is 2.03. The fraction of sp³-hybridized carbons (Fsp3) is 0. The summed E-state index contributed by atoms with van der Waals surface area (Å²) in [6.07, 6.45) is 1.33. The predicted octanol–water partition coefficient (Wildman–Crippen LogP) is 2.43. The summed E-state index contributed by atoms with van der Waals surface area (Å²) in [4.78, 5) is 28.7. The zero-order valence-corrected chi connectivity index (χ0v) is 11.8. The second kappa shape index (κ2) is 5.48. The molecule has 1 aromatic carbocycles. The van der Waals surface area contributed by atoms with E-state index in [0.29, 0.717) is 8.60 Å². The van der Waals surface area contributed by atoms with E-state index in [1.54, 1.807) is 12.1 Å². The molecule has 6 nitrogen and oxygen atoms in total. The van der Waals surface area contributed by atoms with Crippen LogP contribution in [0.4, 0.5) is 5.69 Å². The van der Waals surface area contributed by atoms with Crippen LogP contribution in [0.3, 0.4) is 0 Å². The minimum Gasteiger partial charge on any atom is -0.312 e. The van der Waals surface area contributed by atoms with Gasteiger partial charge in [0.05, 0.1) is 11.3 Å². The Bertz CT molecular complexity index is 642. The van der Waals surface area contributed by atoms with Gasteiger partial charge in [0.2, 0.25) is 0 Å². The lowest BCUT2D eigenvalue weighted by atomic mass is 10.3. The molecular weight excluding hydrogens is 369 g/mol. The molecule has 0 aliphatic carbocycles. The Morgan fingerprint density at radius 2 is 2.00 bits per heavy atom. The molecular formula is C10H6IN3O3S. The normalized spacial score (nSPS) is 10.3. The first-order chi connectivity index (χ1) is 8.58. The molecule has 8 heteroatoms. The number of rotatable bonds is 3. The topological polar surface area (TPSA) is 88.9 Å². The van der Waals surface area contributed by atoms with Crippen LogP contribution in [0.5, 0.6) is 0 Å². The van der Waals surface area contributed by atoms with Gasteiger partial charge in [0.1, 0.15) is 8.60 Å². The van der Waals surface area contributed by atoms with Crippen molar-refractivity contribution < 1.29 is 4.92 Å². The molecule has 92 valence electrons. The van der Waals surface area contributed by atoms with Crippen LogP contribution in [-0.4, -0.2) is 14.9 Å². The van der Waals surface area contributed by atoms with Crippen molar-refractivity contribution in [2.75, 3.05) is 0 Å². The third-order valence-corrected chi connectivity index (χ3v) is 4.40. The molecule has 1 heterocycles. The number of aromatic amines is 1. The number of halogens is 1. The van der Waals surface area contributed by atoms with E-state index in [2.05, 4.69) is 9.97 Å². The lowest BCUT2D eigenvalue weighted by Crippen LogP contribution is -2.10. The van der Waals surface area contributed by atoms with Gasteiger partial charge in [-0.15, -0.1) is 0 Å². The first kappa shape index (κ1) is 13.0. The molecule has 2 rings (SSSR count). The molecule has 2 aromatic rings. The van der Waals surface area contributed by atoms with Crippen LogP contribution in [0, 0.1) is 13.7 Å². The molecule has 0 aliphatic rings. The molecule has 0 aliphatic heterocycles. The number of nitrogens with one attached hydrogen (secondary N) is 1. The lowest BCUT2D eigenvalue weighted by Gasteiger charge is -2.01. The monoisotopic (exact) mass is 375 g/mol. The Labute approximate surface area is 119 Å². The average molecular weight is 375 g/mol. The van der Waals surface area contributed by atoms with E-state index in [-0.39, 0.29) is 11.2 Å². The Balaban J connectivity index is 2.26. The zero-order chi connectivity index (χ0) is 13.1. The summed E-state index contributed by atoms with van der Waals surface area (Å²) in [6.45, 7) is 0. The average Bonchev–Trinajstić information content (AvgIpc) is 2.36. The van der Waals surface area contributed by atoms with Gasteiger partial charge in [-0.05, 0) is 34.7 Å².